The van der Waals surface area contributed by atoms with E-state index in [2.05, 4.69) is 51.0 Å². The van der Waals surface area contributed by atoms with Gasteiger partial charge in [-0.05, 0) is 56.7 Å². The van der Waals surface area contributed by atoms with E-state index in [-0.39, 0.29) is 28.2 Å². The third kappa shape index (κ3) is 6.69. The summed E-state index contributed by atoms with van der Waals surface area (Å²) < 4.78 is 33.0. The maximum atomic E-state index is 12.7. The number of sulfonamides is 1. The molecule has 1 amide bonds. The molecule has 1 aliphatic rings. The van der Waals surface area contributed by atoms with E-state index >= 15 is 0 Å². The summed E-state index contributed by atoms with van der Waals surface area (Å²) in [5.41, 5.74) is 2.79. The molecule has 8 nitrogen and oxygen atoms in total. The Kier molecular flexibility index (Phi) is 8.34. The van der Waals surface area contributed by atoms with Crippen molar-refractivity contribution in [3.8, 4) is 5.75 Å². The van der Waals surface area contributed by atoms with Crippen LogP contribution >= 0.6 is 0 Å². The zero-order valence-electron chi connectivity index (χ0n) is 19.8. The molecular formula is C24H34N4O4S. The number of nitrogens with one attached hydrogen (secondary N) is 2. The molecular weight excluding hydrogens is 440 g/mol. The average Bonchev–Trinajstić information content (AvgIpc) is 2.78. The predicted molar refractivity (Wildman–Crippen MR) is 131 cm³/mol. The molecule has 0 bridgehead atoms. The second kappa shape index (κ2) is 11.0. The van der Waals surface area contributed by atoms with Gasteiger partial charge in [0.25, 0.3) is 5.91 Å². The Hall–Kier alpha value is -2.62. The van der Waals surface area contributed by atoms with Gasteiger partial charge in [-0.1, -0.05) is 12.1 Å². The number of ether oxygens (including phenoxy) is 1. The number of hydrogen-bond donors (Lipinski definition) is 2. The fourth-order valence-corrected chi connectivity index (χ4v) is 5.33. The Morgan fingerprint density at radius 1 is 1.09 bits per heavy atom. The van der Waals surface area contributed by atoms with Gasteiger partial charge in [-0.15, -0.1) is 0 Å². The molecule has 1 aliphatic heterocycles. The lowest BCUT2D eigenvalue weighted by atomic mass is 10.2. The van der Waals surface area contributed by atoms with E-state index in [1.165, 1.54) is 30.5 Å². The molecule has 2 aromatic carbocycles. The number of hydrogen-bond acceptors (Lipinski definition) is 6. The lowest BCUT2D eigenvalue weighted by Gasteiger charge is -2.36. The summed E-state index contributed by atoms with van der Waals surface area (Å²) in [5.74, 6) is -0.108. The lowest BCUT2D eigenvalue weighted by molar-refractivity contribution is 0.0947. The quantitative estimate of drug-likeness (QED) is 0.579. The van der Waals surface area contributed by atoms with Crippen molar-refractivity contribution in [2.75, 3.05) is 51.3 Å². The van der Waals surface area contributed by atoms with Crippen molar-refractivity contribution in [2.24, 2.45) is 0 Å². The molecule has 2 aromatic rings. The number of methoxy groups -OCH3 is 1. The predicted octanol–water partition coefficient (Wildman–Crippen LogP) is 2.24. The molecule has 180 valence electrons. The molecule has 0 unspecified atom stereocenters. The lowest BCUT2D eigenvalue weighted by Crippen LogP contribution is -2.48. The summed E-state index contributed by atoms with van der Waals surface area (Å²) in [6.45, 7) is 10.5. The Morgan fingerprint density at radius 3 is 2.45 bits per heavy atom. The normalized spacial score (nSPS) is 15.0. The van der Waals surface area contributed by atoms with Gasteiger partial charge >= 0.3 is 0 Å². The molecule has 9 heteroatoms. The largest absolute Gasteiger partial charge is 0.495 e. The van der Waals surface area contributed by atoms with E-state index < -0.39 is 10.0 Å². The van der Waals surface area contributed by atoms with Crippen LogP contribution in [0, 0.1) is 6.92 Å². The molecule has 0 atom stereocenters. The van der Waals surface area contributed by atoms with Crippen LogP contribution in [0.1, 0.15) is 29.8 Å². The maximum absolute atomic E-state index is 12.7. The molecule has 3 rings (SSSR count). The van der Waals surface area contributed by atoms with Crippen LogP contribution in [-0.2, 0) is 10.0 Å². The third-order valence-corrected chi connectivity index (χ3v) is 7.24. The molecule has 1 saturated heterocycles. The van der Waals surface area contributed by atoms with Crippen LogP contribution < -0.4 is 19.7 Å². The fourth-order valence-electron chi connectivity index (χ4n) is 3.89. The van der Waals surface area contributed by atoms with Crippen LogP contribution in [0.3, 0.4) is 0 Å². The van der Waals surface area contributed by atoms with Crippen LogP contribution in [-0.4, -0.2) is 71.6 Å². The Morgan fingerprint density at radius 2 is 1.82 bits per heavy atom. The summed E-state index contributed by atoms with van der Waals surface area (Å²) in [6.07, 6.45) is 0. The first-order chi connectivity index (χ1) is 15.7. The Balaban J connectivity index is 1.53. The number of anilines is 1. The molecule has 1 fully saturated rings. The van der Waals surface area contributed by atoms with Gasteiger partial charge in [0.1, 0.15) is 10.6 Å². The molecule has 0 radical (unpaired) electrons. The summed E-state index contributed by atoms with van der Waals surface area (Å²) in [6, 6.07) is 12.7. The second-order valence-electron chi connectivity index (χ2n) is 8.57. The highest BCUT2D eigenvalue weighted by Gasteiger charge is 2.23. The van der Waals surface area contributed by atoms with Crippen LogP contribution in [0.2, 0.25) is 0 Å². The number of carbonyl (C=O) groups is 1. The summed E-state index contributed by atoms with van der Waals surface area (Å²) in [5, 5.41) is 2.90. The van der Waals surface area contributed by atoms with Gasteiger partial charge in [0, 0.05) is 56.6 Å². The monoisotopic (exact) mass is 474 g/mol. The highest BCUT2D eigenvalue weighted by molar-refractivity contribution is 7.89. The van der Waals surface area contributed by atoms with Gasteiger partial charge in [-0.2, -0.15) is 0 Å². The molecule has 0 saturated carbocycles. The third-order valence-electron chi connectivity index (χ3n) is 5.56. The highest BCUT2D eigenvalue weighted by atomic mass is 32.2. The number of aryl methyl sites for hydroxylation is 1. The molecule has 0 aliphatic carbocycles. The van der Waals surface area contributed by atoms with Crippen LogP contribution in [0.15, 0.2) is 47.4 Å². The van der Waals surface area contributed by atoms with Gasteiger partial charge in [0.05, 0.1) is 7.11 Å². The van der Waals surface area contributed by atoms with E-state index in [1.807, 2.05) is 0 Å². The van der Waals surface area contributed by atoms with E-state index in [1.54, 1.807) is 19.9 Å². The van der Waals surface area contributed by atoms with E-state index in [0.29, 0.717) is 6.54 Å². The number of carbonyl (C=O) groups excluding carboxylic acids is 1. The van der Waals surface area contributed by atoms with Gasteiger partial charge in [-0.25, -0.2) is 13.1 Å². The smallest absolute Gasteiger partial charge is 0.251 e. The second-order valence-corrected chi connectivity index (χ2v) is 10.2. The first-order valence-corrected chi connectivity index (χ1v) is 12.7. The Bertz CT molecular complexity index is 1060. The first kappa shape index (κ1) is 25.0. The van der Waals surface area contributed by atoms with Gasteiger partial charge < -0.3 is 15.0 Å². The first-order valence-electron chi connectivity index (χ1n) is 11.2. The molecule has 0 spiro atoms. The van der Waals surface area contributed by atoms with Crippen LogP contribution in [0.4, 0.5) is 5.69 Å². The number of rotatable bonds is 9. The fraction of sp³-hybridized carbons (Fsp3) is 0.458. The SMILES string of the molecule is COc1ccc(C(=O)NCCN2CCN(c3cccc(C)c3)CC2)cc1S(=O)(=O)NC(C)C. The summed E-state index contributed by atoms with van der Waals surface area (Å²) in [7, 11) is -2.39. The highest BCUT2D eigenvalue weighted by Crippen LogP contribution is 2.25. The molecule has 2 N–H and O–H groups in total. The maximum Gasteiger partial charge on any atom is 0.251 e. The average molecular weight is 475 g/mol. The van der Waals surface area contributed by atoms with Crippen molar-refractivity contribution in [2.45, 2.75) is 31.7 Å². The topological polar surface area (TPSA) is 91.0 Å². The molecule has 1 heterocycles. The van der Waals surface area contributed by atoms with Crippen molar-refractivity contribution < 1.29 is 17.9 Å². The van der Waals surface area contributed by atoms with E-state index in [4.69, 9.17) is 4.74 Å². The standard InChI is InChI=1S/C24H34N4O4S/c1-18(2)26-33(30,31)23-17-20(8-9-22(23)32-4)24(29)25-10-11-27-12-14-28(15-13-27)21-7-5-6-19(3)16-21/h5-9,16-18,26H,10-15H2,1-4H3,(H,25,29). The minimum absolute atomic E-state index is 0.0429. The van der Waals surface area contributed by atoms with E-state index in [9.17, 15) is 13.2 Å². The van der Waals surface area contributed by atoms with E-state index in [0.717, 1.165) is 32.7 Å². The summed E-state index contributed by atoms with van der Waals surface area (Å²) in [4.78, 5) is 17.3. The van der Waals surface area contributed by atoms with Crippen molar-refractivity contribution in [1.29, 1.82) is 0 Å². The van der Waals surface area contributed by atoms with Crippen molar-refractivity contribution in [1.82, 2.24) is 14.9 Å². The van der Waals surface area contributed by atoms with Crippen molar-refractivity contribution in [3.05, 3.63) is 53.6 Å². The van der Waals surface area contributed by atoms with Crippen LogP contribution in [0.5, 0.6) is 5.75 Å². The van der Waals surface area contributed by atoms with Gasteiger partial charge in [0.15, 0.2) is 0 Å². The van der Waals surface area contributed by atoms with Crippen molar-refractivity contribution >= 4 is 21.6 Å². The summed E-state index contributed by atoms with van der Waals surface area (Å²) >= 11 is 0. The van der Waals surface area contributed by atoms with Gasteiger partial charge in [0.2, 0.25) is 10.0 Å². The minimum atomic E-state index is -3.79. The molecule has 0 aromatic heterocycles. The Labute approximate surface area is 197 Å². The zero-order chi connectivity index (χ0) is 24.0. The number of amides is 1. The van der Waals surface area contributed by atoms with Crippen LogP contribution in [0.25, 0.3) is 0 Å². The number of benzene rings is 2. The zero-order valence-corrected chi connectivity index (χ0v) is 20.6. The molecule has 33 heavy (non-hydrogen) atoms. The van der Waals surface area contributed by atoms with Crippen molar-refractivity contribution in [3.63, 3.8) is 0 Å². The minimum Gasteiger partial charge on any atom is -0.495 e. The number of piperazine rings is 1. The van der Waals surface area contributed by atoms with Gasteiger partial charge in [-0.3, -0.25) is 9.69 Å². The number of nitrogens with zero attached hydrogens (tertiary/aromatic N) is 2.